The number of rotatable bonds is 4. The molecule has 0 saturated heterocycles. The Bertz CT molecular complexity index is 785. The molecule has 0 saturated carbocycles. The molecule has 0 fully saturated rings. The maximum absolute atomic E-state index is 9.10. The summed E-state index contributed by atoms with van der Waals surface area (Å²) >= 11 is 1.57. The Labute approximate surface area is 125 Å². The molecule has 21 heavy (non-hydrogen) atoms. The molecule has 1 N–H and O–H groups in total. The van der Waals surface area contributed by atoms with Gasteiger partial charge in [0.15, 0.2) is 0 Å². The number of hydrogen-bond donors (Lipinski definition) is 1. The minimum absolute atomic E-state index is 0.178. The zero-order valence-electron chi connectivity index (χ0n) is 10.9. The van der Waals surface area contributed by atoms with Crippen LogP contribution in [0, 0.1) is 11.3 Å². The first-order valence-corrected chi connectivity index (χ1v) is 7.04. The molecule has 2 aromatic heterocycles. The Morgan fingerprint density at radius 1 is 1.24 bits per heavy atom. The number of aromatic nitrogens is 1. The van der Waals surface area contributed by atoms with E-state index < -0.39 is 0 Å². The minimum atomic E-state index is 0.178. The van der Waals surface area contributed by atoms with E-state index in [1.54, 1.807) is 17.6 Å². The third-order valence-corrected chi connectivity index (χ3v) is 3.46. The Balaban J connectivity index is 1.82. The zero-order valence-corrected chi connectivity index (χ0v) is 11.7. The van der Waals surface area contributed by atoms with Crippen molar-refractivity contribution in [2.45, 2.75) is 0 Å². The maximum Gasteiger partial charge on any atom is 0.252 e. The summed E-state index contributed by atoms with van der Waals surface area (Å²) in [5, 5.41) is 15.1. The molecule has 0 atom stereocenters. The molecule has 0 spiro atoms. The largest absolute Gasteiger partial charge is 0.417 e. The molecule has 0 amide bonds. The first-order valence-electron chi connectivity index (χ1n) is 6.16. The lowest BCUT2D eigenvalue weighted by atomic mass is 10.2. The third kappa shape index (κ3) is 2.99. The summed E-state index contributed by atoms with van der Waals surface area (Å²) in [6.07, 6.45) is 1.66. The maximum atomic E-state index is 9.10. The summed E-state index contributed by atoms with van der Waals surface area (Å²) in [5.74, 6) is 0.630. The normalized spacial score (nSPS) is 10.6. The van der Waals surface area contributed by atoms with Gasteiger partial charge in [0, 0.05) is 10.4 Å². The highest BCUT2D eigenvalue weighted by Crippen LogP contribution is 2.24. The van der Waals surface area contributed by atoms with Crippen LogP contribution in [0.15, 0.2) is 57.4 Å². The fourth-order valence-electron chi connectivity index (χ4n) is 1.70. The molecular formula is C15H10N4OS. The van der Waals surface area contributed by atoms with Gasteiger partial charge in [0.2, 0.25) is 11.6 Å². The smallest absolute Gasteiger partial charge is 0.252 e. The summed E-state index contributed by atoms with van der Waals surface area (Å²) in [7, 11) is 0. The van der Waals surface area contributed by atoms with Crippen LogP contribution in [0.5, 0.6) is 0 Å². The van der Waals surface area contributed by atoms with Crippen molar-refractivity contribution in [3.63, 3.8) is 0 Å². The van der Waals surface area contributed by atoms with E-state index in [2.05, 4.69) is 15.5 Å². The number of benzene rings is 1. The molecule has 0 aliphatic rings. The summed E-state index contributed by atoms with van der Waals surface area (Å²) in [6.45, 7) is 0. The average molecular weight is 294 g/mol. The van der Waals surface area contributed by atoms with Gasteiger partial charge in [-0.05, 0) is 23.6 Å². The summed E-state index contributed by atoms with van der Waals surface area (Å²) in [5.41, 5.74) is 3.70. The van der Waals surface area contributed by atoms with Gasteiger partial charge in [-0.1, -0.05) is 24.3 Å². The van der Waals surface area contributed by atoms with E-state index in [9.17, 15) is 0 Å². The van der Waals surface area contributed by atoms with Crippen LogP contribution in [0.2, 0.25) is 0 Å². The molecule has 6 heteroatoms. The monoisotopic (exact) mass is 294 g/mol. The molecule has 0 radical (unpaired) electrons. The van der Waals surface area contributed by atoms with Crippen LogP contribution in [0.3, 0.4) is 0 Å². The highest BCUT2D eigenvalue weighted by atomic mass is 32.1. The van der Waals surface area contributed by atoms with E-state index in [1.165, 1.54) is 0 Å². The first kappa shape index (κ1) is 13.1. The summed E-state index contributed by atoms with van der Waals surface area (Å²) < 4.78 is 5.56. The Hall–Kier alpha value is -2.91. The number of nitrogens with zero attached hydrogens (tertiary/aromatic N) is 3. The van der Waals surface area contributed by atoms with Gasteiger partial charge in [-0.25, -0.2) is 5.43 Å². The third-order valence-electron chi connectivity index (χ3n) is 2.65. The molecule has 3 rings (SSSR count). The topological polar surface area (TPSA) is 74.2 Å². The van der Waals surface area contributed by atoms with Crippen LogP contribution in [0.1, 0.15) is 10.6 Å². The molecule has 102 valence electrons. The minimum Gasteiger partial charge on any atom is -0.417 e. The number of nitriles is 1. The second-order valence-corrected chi connectivity index (χ2v) is 5.04. The Kier molecular flexibility index (Phi) is 3.76. The summed E-state index contributed by atoms with van der Waals surface area (Å²) in [4.78, 5) is 5.16. The van der Waals surface area contributed by atoms with Gasteiger partial charge >= 0.3 is 0 Å². The van der Waals surface area contributed by atoms with Gasteiger partial charge < -0.3 is 4.42 Å². The van der Waals surface area contributed by atoms with Gasteiger partial charge in [-0.3, -0.25) is 0 Å². The van der Waals surface area contributed by atoms with Crippen LogP contribution in [-0.2, 0) is 0 Å². The standard InChI is InChI=1S/C15H10N4OS/c16-9-13-15(19-17-10-12-7-4-8-21-12)20-14(18-13)11-5-2-1-3-6-11/h1-8,10,19H. The number of oxazole rings is 1. The zero-order chi connectivity index (χ0) is 14.5. The van der Waals surface area contributed by atoms with Crippen molar-refractivity contribution in [1.82, 2.24) is 4.98 Å². The lowest BCUT2D eigenvalue weighted by Crippen LogP contribution is -1.90. The van der Waals surface area contributed by atoms with Crippen LogP contribution >= 0.6 is 11.3 Å². The van der Waals surface area contributed by atoms with Crippen molar-refractivity contribution in [2.75, 3.05) is 5.43 Å². The van der Waals surface area contributed by atoms with Gasteiger partial charge in [-0.15, -0.1) is 11.3 Å². The second-order valence-electron chi connectivity index (χ2n) is 4.06. The number of thiophene rings is 1. The van der Waals surface area contributed by atoms with Crippen LogP contribution in [-0.4, -0.2) is 11.2 Å². The van der Waals surface area contributed by atoms with Gasteiger partial charge in [0.05, 0.1) is 6.21 Å². The van der Waals surface area contributed by atoms with Gasteiger partial charge in [-0.2, -0.15) is 15.3 Å². The number of nitrogens with one attached hydrogen (secondary N) is 1. The molecule has 0 unspecified atom stereocenters. The van der Waals surface area contributed by atoms with Crippen LogP contribution < -0.4 is 5.43 Å². The lowest BCUT2D eigenvalue weighted by Gasteiger charge is -1.94. The van der Waals surface area contributed by atoms with E-state index >= 15 is 0 Å². The van der Waals surface area contributed by atoms with E-state index in [4.69, 9.17) is 9.68 Å². The van der Waals surface area contributed by atoms with Crippen LogP contribution in [0.25, 0.3) is 11.5 Å². The van der Waals surface area contributed by atoms with Crippen molar-refractivity contribution < 1.29 is 4.42 Å². The first-order chi connectivity index (χ1) is 10.4. The predicted octanol–water partition coefficient (Wildman–Crippen LogP) is 3.72. The predicted molar refractivity (Wildman–Crippen MR) is 82.2 cm³/mol. The molecular weight excluding hydrogens is 284 g/mol. The molecule has 0 aliphatic heterocycles. The number of hydrogen-bond acceptors (Lipinski definition) is 6. The van der Waals surface area contributed by atoms with E-state index in [-0.39, 0.29) is 11.6 Å². The quantitative estimate of drug-likeness (QED) is 0.588. The van der Waals surface area contributed by atoms with E-state index in [0.717, 1.165) is 10.4 Å². The van der Waals surface area contributed by atoms with Gasteiger partial charge in [0.1, 0.15) is 6.07 Å². The number of hydrazone groups is 1. The fraction of sp³-hybridized carbons (Fsp3) is 0. The fourth-order valence-corrected chi connectivity index (χ4v) is 2.28. The van der Waals surface area contributed by atoms with Crippen molar-refractivity contribution in [3.8, 4) is 17.5 Å². The SMILES string of the molecule is N#Cc1nc(-c2ccccc2)oc1NN=Cc1cccs1. The molecule has 0 aliphatic carbocycles. The van der Waals surface area contributed by atoms with Crippen molar-refractivity contribution in [3.05, 3.63) is 58.4 Å². The molecule has 0 bridgehead atoms. The lowest BCUT2D eigenvalue weighted by molar-refractivity contribution is 0.587. The highest BCUT2D eigenvalue weighted by molar-refractivity contribution is 7.11. The summed E-state index contributed by atoms with van der Waals surface area (Å²) in [6, 6.07) is 15.3. The average Bonchev–Trinajstić information content (AvgIpc) is 3.18. The van der Waals surface area contributed by atoms with E-state index in [1.807, 2.05) is 53.9 Å². The van der Waals surface area contributed by atoms with Crippen molar-refractivity contribution in [1.29, 1.82) is 5.26 Å². The Morgan fingerprint density at radius 3 is 2.81 bits per heavy atom. The molecule has 5 nitrogen and oxygen atoms in total. The molecule has 2 heterocycles. The number of anilines is 1. The highest BCUT2D eigenvalue weighted by Gasteiger charge is 2.13. The Morgan fingerprint density at radius 2 is 2.10 bits per heavy atom. The van der Waals surface area contributed by atoms with Crippen molar-refractivity contribution >= 4 is 23.4 Å². The van der Waals surface area contributed by atoms with E-state index in [0.29, 0.717) is 5.89 Å². The second kappa shape index (κ2) is 6.03. The van der Waals surface area contributed by atoms with Crippen molar-refractivity contribution in [2.24, 2.45) is 5.10 Å². The molecule has 3 aromatic rings. The van der Waals surface area contributed by atoms with Crippen LogP contribution in [0.4, 0.5) is 5.88 Å². The molecule has 1 aromatic carbocycles. The van der Waals surface area contributed by atoms with Gasteiger partial charge in [0.25, 0.3) is 5.88 Å².